The lowest BCUT2D eigenvalue weighted by Gasteiger charge is -2.04. The maximum atomic E-state index is 8.73. The molecule has 0 aliphatic carbocycles. The van der Waals surface area contributed by atoms with Gasteiger partial charge in [0.25, 0.3) is 0 Å². The standard InChI is InChI=1S/C16H19N3S/c1-13-12-20-16(19-13)4-2-3-9-18-11-15-7-5-14(10-17)6-8-15/h5-8,12,18H,2-4,9,11H2,1H3. The lowest BCUT2D eigenvalue weighted by molar-refractivity contribution is 0.622. The van der Waals surface area contributed by atoms with Crippen LogP contribution in [0.5, 0.6) is 0 Å². The van der Waals surface area contributed by atoms with Gasteiger partial charge in [-0.1, -0.05) is 12.1 Å². The molecule has 1 aromatic heterocycles. The van der Waals surface area contributed by atoms with Crippen LogP contribution < -0.4 is 5.32 Å². The quantitative estimate of drug-likeness (QED) is 0.793. The van der Waals surface area contributed by atoms with E-state index < -0.39 is 0 Å². The van der Waals surface area contributed by atoms with Gasteiger partial charge in [-0.2, -0.15) is 5.26 Å². The maximum absolute atomic E-state index is 8.73. The molecule has 0 bridgehead atoms. The molecule has 104 valence electrons. The topological polar surface area (TPSA) is 48.7 Å². The Morgan fingerprint density at radius 1 is 1.25 bits per heavy atom. The van der Waals surface area contributed by atoms with E-state index in [2.05, 4.69) is 21.8 Å². The molecule has 0 atom stereocenters. The van der Waals surface area contributed by atoms with E-state index in [0.717, 1.165) is 31.6 Å². The summed E-state index contributed by atoms with van der Waals surface area (Å²) >= 11 is 1.76. The van der Waals surface area contributed by atoms with Crippen molar-refractivity contribution in [1.29, 1.82) is 5.26 Å². The number of aromatic nitrogens is 1. The van der Waals surface area contributed by atoms with Gasteiger partial charge in [-0.3, -0.25) is 0 Å². The third kappa shape index (κ3) is 4.76. The fourth-order valence-electron chi connectivity index (χ4n) is 1.97. The minimum atomic E-state index is 0.715. The first kappa shape index (κ1) is 14.7. The molecule has 0 unspecified atom stereocenters. The van der Waals surface area contributed by atoms with Crippen molar-refractivity contribution in [3.05, 3.63) is 51.5 Å². The highest BCUT2D eigenvalue weighted by atomic mass is 32.1. The van der Waals surface area contributed by atoms with Gasteiger partial charge in [0.15, 0.2) is 0 Å². The lowest BCUT2D eigenvalue weighted by atomic mass is 10.1. The molecule has 0 saturated heterocycles. The monoisotopic (exact) mass is 285 g/mol. The lowest BCUT2D eigenvalue weighted by Crippen LogP contribution is -2.14. The third-order valence-electron chi connectivity index (χ3n) is 3.07. The number of nitrogens with one attached hydrogen (secondary N) is 1. The van der Waals surface area contributed by atoms with Crippen LogP contribution in [-0.4, -0.2) is 11.5 Å². The Bertz CT molecular complexity index is 566. The van der Waals surface area contributed by atoms with Gasteiger partial charge in [0.2, 0.25) is 0 Å². The van der Waals surface area contributed by atoms with E-state index >= 15 is 0 Å². The highest BCUT2D eigenvalue weighted by Crippen LogP contribution is 2.11. The molecular weight excluding hydrogens is 266 g/mol. The number of hydrogen-bond donors (Lipinski definition) is 1. The second-order valence-electron chi connectivity index (χ2n) is 4.83. The fraction of sp³-hybridized carbons (Fsp3) is 0.375. The van der Waals surface area contributed by atoms with Crippen LogP contribution >= 0.6 is 11.3 Å². The van der Waals surface area contributed by atoms with Crippen molar-refractivity contribution in [2.45, 2.75) is 32.7 Å². The molecule has 0 saturated carbocycles. The normalized spacial score (nSPS) is 10.4. The summed E-state index contributed by atoms with van der Waals surface area (Å²) in [6, 6.07) is 9.86. The van der Waals surface area contributed by atoms with Gasteiger partial charge in [0.1, 0.15) is 0 Å². The zero-order valence-corrected chi connectivity index (χ0v) is 12.5. The molecule has 0 fully saturated rings. The fourth-order valence-corrected chi connectivity index (χ4v) is 2.79. The van der Waals surface area contributed by atoms with Crippen LogP contribution in [0.15, 0.2) is 29.6 Å². The predicted octanol–water partition coefficient (Wildman–Crippen LogP) is 3.44. The zero-order valence-electron chi connectivity index (χ0n) is 11.7. The van der Waals surface area contributed by atoms with E-state index in [1.54, 1.807) is 11.3 Å². The average Bonchev–Trinajstić information content (AvgIpc) is 2.89. The van der Waals surface area contributed by atoms with Crippen LogP contribution in [0.4, 0.5) is 0 Å². The van der Waals surface area contributed by atoms with Crippen molar-refractivity contribution < 1.29 is 0 Å². The predicted molar refractivity (Wildman–Crippen MR) is 82.7 cm³/mol. The van der Waals surface area contributed by atoms with E-state index in [1.807, 2.05) is 31.2 Å². The third-order valence-corrected chi connectivity index (χ3v) is 4.10. The average molecular weight is 285 g/mol. The van der Waals surface area contributed by atoms with Crippen molar-refractivity contribution in [2.24, 2.45) is 0 Å². The first-order valence-corrected chi connectivity index (χ1v) is 7.76. The Morgan fingerprint density at radius 2 is 2.05 bits per heavy atom. The number of thiazole rings is 1. The number of unbranched alkanes of at least 4 members (excludes halogenated alkanes) is 1. The molecule has 4 heteroatoms. The molecule has 0 amide bonds. The SMILES string of the molecule is Cc1csc(CCCCNCc2ccc(C#N)cc2)n1. The van der Waals surface area contributed by atoms with Gasteiger partial charge in [-0.15, -0.1) is 11.3 Å². The molecular formula is C16H19N3S. The second kappa shape index (κ2) is 7.78. The van der Waals surface area contributed by atoms with E-state index in [1.165, 1.54) is 17.0 Å². The molecule has 0 radical (unpaired) electrons. The Labute approximate surface area is 124 Å². The summed E-state index contributed by atoms with van der Waals surface area (Å²) < 4.78 is 0. The van der Waals surface area contributed by atoms with Crippen molar-refractivity contribution in [2.75, 3.05) is 6.54 Å². The van der Waals surface area contributed by atoms with Crippen LogP contribution in [0.25, 0.3) is 0 Å². The molecule has 1 heterocycles. The second-order valence-corrected chi connectivity index (χ2v) is 5.77. The van der Waals surface area contributed by atoms with Gasteiger partial charge < -0.3 is 5.32 Å². The Morgan fingerprint density at radius 3 is 2.70 bits per heavy atom. The van der Waals surface area contributed by atoms with Gasteiger partial charge in [0, 0.05) is 17.6 Å². The molecule has 0 spiro atoms. The van der Waals surface area contributed by atoms with E-state index in [9.17, 15) is 0 Å². The van der Waals surface area contributed by atoms with E-state index in [0.29, 0.717) is 5.56 Å². The number of nitrogens with zero attached hydrogens (tertiary/aromatic N) is 2. The summed E-state index contributed by atoms with van der Waals surface area (Å²) in [7, 11) is 0. The molecule has 2 rings (SSSR count). The molecule has 0 aliphatic rings. The molecule has 3 nitrogen and oxygen atoms in total. The number of nitriles is 1. The number of rotatable bonds is 7. The van der Waals surface area contributed by atoms with Gasteiger partial charge in [-0.05, 0) is 50.4 Å². The molecule has 2 aromatic rings. The van der Waals surface area contributed by atoms with E-state index in [4.69, 9.17) is 5.26 Å². The minimum Gasteiger partial charge on any atom is -0.313 e. The van der Waals surface area contributed by atoms with Crippen molar-refractivity contribution in [3.63, 3.8) is 0 Å². The van der Waals surface area contributed by atoms with Crippen molar-refractivity contribution in [3.8, 4) is 6.07 Å². The summed E-state index contributed by atoms with van der Waals surface area (Å²) in [4.78, 5) is 4.46. The van der Waals surface area contributed by atoms with Crippen LogP contribution in [-0.2, 0) is 13.0 Å². The van der Waals surface area contributed by atoms with Crippen molar-refractivity contribution in [1.82, 2.24) is 10.3 Å². The van der Waals surface area contributed by atoms with Gasteiger partial charge in [-0.25, -0.2) is 4.98 Å². The summed E-state index contributed by atoms with van der Waals surface area (Å²) in [5, 5.41) is 15.5. The minimum absolute atomic E-state index is 0.715. The highest BCUT2D eigenvalue weighted by Gasteiger charge is 1.98. The van der Waals surface area contributed by atoms with Crippen molar-refractivity contribution >= 4 is 11.3 Å². The number of benzene rings is 1. The molecule has 1 aromatic carbocycles. The van der Waals surface area contributed by atoms with Crippen LogP contribution in [0, 0.1) is 18.3 Å². The van der Waals surface area contributed by atoms with Crippen LogP contribution in [0.3, 0.4) is 0 Å². The number of hydrogen-bond acceptors (Lipinski definition) is 4. The first-order chi connectivity index (χ1) is 9.78. The zero-order chi connectivity index (χ0) is 14.2. The molecule has 0 aliphatic heterocycles. The summed E-state index contributed by atoms with van der Waals surface area (Å²) in [5.41, 5.74) is 3.07. The maximum Gasteiger partial charge on any atom is 0.0991 e. The van der Waals surface area contributed by atoms with Gasteiger partial charge >= 0.3 is 0 Å². The molecule has 1 N–H and O–H groups in total. The Balaban J connectivity index is 1.58. The van der Waals surface area contributed by atoms with E-state index in [-0.39, 0.29) is 0 Å². The Hall–Kier alpha value is -1.70. The smallest absolute Gasteiger partial charge is 0.0991 e. The first-order valence-electron chi connectivity index (χ1n) is 6.88. The molecule has 20 heavy (non-hydrogen) atoms. The van der Waals surface area contributed by atoms with Gasteiger partial charge in [0.05, 0.1) is 16.6 Å². The highest BCUT2D eigenvalue weighted by molar-refractivity contribution is 7.09. The Kier molecular flexibility index (Phi) is 5.72. The largest absolute Gasteiger partial charge is 0.313 e. The van der Waals surface area contributed by atoms with Crippen LogP contribution in [0.1, 0.15) is 34.7 Å². The number of aryl methyl sites for hydroxylation is 2. The summed E-state index contributed by atoms with van der Waals surface area (Å²) in [6.07, 6.45) is 3.42. The summed E-state index contributed by atoms with van der Waals surface area (Å²) in [6.45, 7) is 3.92. The summed E-state index contributed by atoms with van der Waals surface area (Å²) in [5.74, 6) is 0. The van der Waals surface area contributed by atoms with Crippen LogP contribution in [0.2, 0.25) is 0 Å².